The van der Waals surface area contributed by atoms with Crippen LogP contribution in [-0.2, 0) is 14.3 Å². The Morgan fingerprint density at radius 3 is 2.67 bits per heavy atom. The number of hydrogen-bond donors (Lipinski definition) is 0. The lowest BCUT2D eigenvalue weighted by molar-refractivity contribution is -0.147. The fourth-order valence-electron chi connectivity index (χ4n) is 1.72. The molecule has 1 aromatic rings. The second-order valence-corrected chi connectivity index (χ2v) is 5.10. The first kappa shape index (κ1) is 13.4. The smallest absolute Gasteiger partial charge is 0.340 e. The van der Waals surface area contributed by atoms with E-state index in [0.717, 1.165) is 16.6 Å². The third-order valence-corrected chi connectivity index (χ3v) is 3.39. The van der Waals surface area contributed by atoms with Gasteiger partial charge in [0, 0.05) is 4.47 Å². The Morgan fingerprint density at radius 2 is 2.11 bits per heavy atom. The molecule has 0 radical (unpaired) electrons. The van der Waals surface area contributed by atoms with E-state index in [9.17, 15) is 4.79 Å². The Labute approximate surface area is 114 Å². The van der Waals surface area contributed by atoms with Crippen LogP contribution in [0.3, 0.4) is 0 Å². The zero-order valence-corrected chi connectivity index (χ0v) is 11.7. The molecule has 0 bridgehead atoms. The average Bonchev–Trinajstić information content (AvgIpc) is 3.17. The molecule has 0 saturated carbocycles. The number of methoxy groups -OCH3 is 1. The first-order valence-corrected chi connectivity index (χ1v) is 6.56. The largest absolute Gasteiger partial charge is 0.494 e. The van der Waals surface area contributed by atoms with Gasteiger partial charge in [-0.15, -0.1) is 0 Å². The first-order valence-electron chi connectivity index (χ1n) is 5.77. The van der Waals surface area contributed by atoms with Crippen molar-refractivity contribution in [3.8, 4) is 5.75 Å². The van der Waals surface area contributed by atoms with Gasteiger partial charge in [-0.25, -0.2) is 4.79 Å². The Hall–Kier alpha value is -1.07. The number of epoxide rings is 1. The van der Waals surface area contributed by atoms with Gasteiger partial charge in [0.15, 0.2) is 5.60 Å². The molecule has 0 spiro atoms. The maximum Gasteiger partial charge on any atom is 0.340 e. The second kappa shape index (κ2) is 5.71. The molecule has 0 aliphatic carbocycles. The van der Waals surface area contributed by atoms with Crippen LogP contribution in [0.1, 0.15) is 12.8 Å². The number of esters is 1. The molecule has 98 valence electrons. The molecule has 4 nitrogen and oxygen atoms in total. The Bertz CT molecular complexity index is 412. The van der Waals surface area contributed by atoms with Crippen molar-refractivity contribution in [3.63, 3.8) is 0 Å². The van der Waals surface area contributed by atoms with Gasteiger partial charge < -0.3 is 14.2 Å². The second-order valence-electron chi connectivity index (χ2n) is 4.18. The van der Waals surface area contributed by atoms with Gasteiger partial charge in [-0.1, -0.05) is 15.9 Å². The normalized spacial score (nSPS) is 21.4. The molecule has 0 aromatic heterocycles. The monoisotopic (exact) mass is 314 g/mol. The van der Waals surface area contributed by atoms with E-state index in [0.29, 0.717) is 19.6 Å². The third kappa shape index (κ3) is 3.23. The van der Waals surface area contributed by atoms with Crippen LogP contribution in [0.2, 0.25) is 0 Å². The predicted molar refractivity (Wildman–Crippen MR) is 69.6 cm³/mol. The lowest BCUT2D eigenvalue weighted by Gasteiger charge is -2.10. The molecule has 1 atom stereocenters. The van der Waals surface area contributed by atoms with Gasteiger partial charge in [0.2, 0.25) is 0 Å². The van der Waals surface area contributed by atoms with E-state index in [1.807, 2.05) is 24.3 Å². The molecule has 18 heavy (non-hydrogen) atoms. The van der Waals surface area contributed by atoms with Gasteiger partial charge in [0.25, 0.3) is 0 Å². The summed E-state index contributed by atoms with van der Waals surface area (Å²) >= 11 is 3.36. The fraction of sp³-hybridized carbons (Fsp3) is 0.462. The van der Waals surface area contributed by atoms with Crippen molar-refractivity contribution in [1.82, 2.24) is 0 Å². The van der Waals surface area contributed by atoms with Crippen LogP contribution in [0.25, 0.3) is 0 Å². The van der Waals surface area contributed by atoms with E-state index < -0.39 is 5.60 Å². The average molecular weight is 315 g/mol. The summed E-state index contributed by atoms with van der Waals surface area (Å²) in [6.45, 7) is 1.02. The van der Waals surface area contributed by atoms with Crippen LogP contribution in [0.4, 0.5) is 0 Å². The maximum absolute atomic E-state index is 11.4. The number of benzene rings is 1. The van der Waals surface area contributed by atoms with Gasteiger partial charge in [0.1, 0.15) is 5.75 Å². The van der Waals surface area contributed by atoms with Crippen LogP contribution < -0.4 is 4.74 Å². The molecular weight excluding hydrogens is 300 g/mol. The number of ether oxygens (including phenoxy) is 3. The number of carbonyl (C=O) groups is 1. The van der Waals surface area contributed by atoms with Crippen LogP contribution >= 0.6 is 15.9 Å². The van der Waals surface area contributed by atoms with Crippen molar-refractivity contribution < 1.29 is 19.0 Å². The highest BCUT2D eigenvalue weighted by Crippen LogP contribution is 2.33. The topological polar surface area (TPSA) is 48.1 Å². The van der Waals surface area contributed by atoms with Gasteiger partial charge in [-0.2, -0.15) is 0 Å². The summed E-state index contributed by atoms with van der Waals surface area (Å²) in [4.78, 5) is 11.4. The van der Waals surface area contributed by atoms with E-state index in [-0.39, 0.29) is 5.97 Å². The number of hydrogen-bond acceptors (Lipinski definition) is 4. The summed E-state index contributed by atoms with van der Waals surface area (Å²) in [5.41, 5.74) is -0.697. The number of carbonyl (C=O) groups excluding carboxylic acids is 1. The molecule has 0 amide bonds. The van der Waals surface area contributed by atoms with E-state index in [4.69, 9.17) is 14.2 Å². The van der Waals surface area contributed by atoms with Crippen molar-refractivity contribution in [1.29, 1.82) is 0 Å². The summed E-state index contributed by atoms with van der Waals surface area (Å²) in [7, 11) is 1.38. The molecule has 1 aliphatic rings. The lowest BCUT2D eigenvalue weighted by Crippen LogP contribution is -2.26. The SMILES string of the molecule is COC(=O)C1(CCCOc2ccc(Br)cc2)CO1. The van der Waals surface area contributed by atoms with Gasteiger partial charge in [0.05, 0.1) is 20.3 Å². The maximum atomic E-state index is 11.4. The first-order chi connectivity index (χ1) is 8.66. The highest BCUT2D eigenvalue weighted by Gasteiger charge is 2.52. The van der Waals surface area contributed by atoms with E-state index >= 15 is 0 Å². The molecule has 1 fully saturated rings. The fourth-order valence-corrected chi connectivity index (χ4v) is 1.98. The minimum Gasteiger partial charge on any atom is -0.494 e. The van der Waals surface area contributed by atoms with Crippen LogP contribution in [-0.4, -0.2) is 31.9 Å². The van der Waals surface area contributed by atoms with Crippen molar-refractivity contribution in [2.24, 2.45) is 0 Å². The van der Waals surface area contributed by atoms with Crippen LogP contribution in [0.5, 0.6) is 5.75 Å². The van der Waals surface area contributed by atoms with E-state index in [1.54, 1.807) is 0 Å². The zero-order valence-electron chi connectivity index (χ0n) is 10.1. The minimum atomic E-state index is -0.697. The molecular formula is C13H15BrO4. The molecule has 1 aromatic carbocycles. The Morgan fingerprint density at radius 1 is 1.44 bits per heavy atom. The standard InChI is InChI=1S/C13H15BrO4/c1-16-12(15)13(9-18-13)7-2-8-17-11-5-3-10(14)4-6-11/h3-6H,2,7-9H2,1H3. The van der Waals surface area contributed by atoms with Crippen molar-refractivity contribution in [3.05, 3.63) is 28.7 Å². The van der Waals surface area contributed by atoms with E-state index in [2.05, 4.69) is 15.9 Å². The highest BCUT2D eigenvalue weighted by molar-refractivity contribution is 9.10. The molecule has 2 rings (SSSR count). The molecule has 1 unspecified atom stereocenters. The summed E-state index contributed by atoms with van der Waals surface area (Å²) in [6, 6.07) is 7.64. The third-order valence-electron chi connectivity index (χ3n) is 2.86. The molecule has 1 heterocycles. The summed E-state index contributed by atoms with van der Waals surface area (Å²) in [5, 5.41) is 0. The van der Waals surface area contributed by atoms with Crippen molar-refractivity contribution in [2.45, 2.75) is 18.4 Å². The van der Waals surface area contributed by atoms with Gasteiger partial charge in [-0.05, 0) is 37.1 Å². The molecule has 0 N–H and O–H groups in total. The van der Waals surface area contributed by atoms with Crippen LogP contribution in [0.15, 0.2) is 28.7 Å². The lowest BCUT2D eigenvalue weighted by atomic mass is 10.1. The van der Waals surface area contributed by atoms with Gasteiger partial charge >= 0.3 is 5.97 Å². The minimum absolute atomic E-state index is 0.286. The Balaban J connectivity index is 1.70. The highest BCUT2D eigenvalue weighted by atomic mass is 79.9. The molecule has 1 aliphatic heterocycles. The van der Waals surface area contributed by atoms with Crippen LogP contribution in [0, 0.1) is 0 Å². The molecule has 5 heteroatoms. The number of rotatable bonds is 6. The Kier molecular flexibility index (Phi) is 4.24. The quantitative estimate of drug-likeness (QED) is 0.460. The van der Waals surface area contributed by atoms with Gasteiger partial charge in [-0.3, -0.25) is 0 Å². The zero-order chi connectivity index (χ0) is 13.0. The van der Waals surface area contributed by atoms with Crippen molar-refractivity contribution >= 4 is 21.9 Å². The van der Waals surface area contributed by atoms with Crippen molar-refractivity contribution in [2.75, 3.05) is 20.3 Å². The summed E-state index contributed by atoms with van der Waals surface area (Å²) in [6.07, 6.45) is 1.39. The van der Waals surface area contributed by atoms with E-state index in [1.165, 1.54) is 7.11 Å². The molecule has 1 saturated heterocycles. The number of halogens is 1. The summed E-state index contributed by atoms with van der Waals surface area (Å²) in [5.74, 6) is 0.535. The predicted octanol–water partition coefficient (Wildman–Crippen LogP) is 2.55. The summed E-state index contributed by atoms with van der Waals surface area (Å²) < 4.78 is 16.5.